The van der Waals surface area contributed by atoms with Crippen LogP contribution in [0.25, 0.3) is 0 Å². The number of carbonyl (C=O) groups is 1. The SMILES string of the molecule is NCOC(=O)C(c1ccccc1)[SH](=O)=O. The number of rotatable bonds is 4. The van der Waals surface area contributed by atoms with Crippen LogP contribution in [0.3, 0.4) is 0 Å². The molecule has 1 atom stereocenters. The van der Waals surface area contributed by atoms with Crippen molar-refractivity contribution in [3.8, 4) is 0 Å². The molecule has 15 heavy (non-hydrogen) atoms. The summed E-state index contributed by atoms with van der Waals surface area (Å²) in [5, 5.41) is -1.27. The standard InChI is InChI=1S/C9H11NO4S/c10-6-14-9(11)8(15(12)13)7-4-2-1-3-5-7/h1-5,8,15H,6,10H2. The Morgan fingerprint density at radius 3 is 2.40 bits per heavy atom. The molecular formula is C9H11NO4S. The predicted molar refractivity (Wildman–Crippen MR) is 54.6 cm³/mol. The number of benzene rings is 1. The lowest BCUT2D eigenvalue weighted by Gasteiger charge is -2.08. The summed E-state index contributed by atoms with van der Waals surface area (Å²) in [6.45, 7) is -0.328. The summed E-state index contributed by atoms with van der Waals surface area (Å²) in [5.41, 5.74) is 5.39. The molecule has 0 bridgehead atoms. The Morgan fingerprint density at radius 1 is 1.33 bits per heavy atom. The van der Waals surface area contributed by atoms with Crippen LogP contribution in [0.2, 0.25) is 0 Å². The minimum Gasteiger partial charge on any atom is -0.449 e. The molecule has 2 N–H and O–H groups in total. The molecule has 1 rings (SSSR count). The third-order valence-corrected chi connectivity index (χ3v) is 2.71. The van der Waals surface area contributed by atoms with Crippen molar-refractivity contribution in [2.75, 3.05) is 6.73 Å². The van der Waals surface area contributed by atoms with Gasteiger partial charge >= 0.3 is 5.97 Å². The summed E-state index contributed by atoms with van der Waals surface area (Å²) in [7, 11) is -2.92. The Bertz CT molecular complexity index is 394. The van der Waals surface area contributed by atoms with E-state index in [-0.39, 0.29) is 6.73 Å². The molecule has 0 fully saturated rings. The van der Waals surface area contributed by atoms with Crippen molar-refractivity contribution in [1.29, 1.82) is 0 Å². The molecule has 0 saturated carbocycles. The Morgan fingerprint density at radius 2 is 1.93 bits per heavy atom. The molecule has 0 heterocycles. The second-order valence-corrected chi connectivity index (χ2v) is 3.82. The molecule has 0 saturated heterocycles. The highest BCUT2D eigenvalue weighted by molar-refractivity contribution is 7.73. The minimum atomic E-state index is -2.92. The fraction of sp³-hybridized carbons (Fsp3) is 0.222. The molecule has 0 aromatic heterocycles. The second kappa shape index (κ2) is 5.47. The minimum absolute atomic E-state index is 0.328. The van der Waals surface area contributed by atoms with Gasteiger partial charge in [0.2, 0.25) is 0 Å². The Hall–Kier alpha value is -1.40. The number of ether oxygens (including phenoxy) is 1. The molecule has 82 valence electrons. The van der Waals surface area contributed by atoms with Gasteiger partial charge < -0.3 is 4.74 Å². The van der Waals surface area contributed by atoms with E-state index in [9.17, 15) is 13.2 Å². The van der Waals surface area contributed by atoms with Gasteiger partial charge in [-0.2, -0.15) is 0 Å². The highest BCUT2D eigenvalue weighted by atomic mass is 32.2. The summed E-state index contributed by atoms with van der Waals surface area (Å²) in [4.78, 5) is 11.3. The molecular weight excluding hydrogens is 218 g/mol. The number of esters is 1. The van der Waals surface area contributed by atoms with E-state index in [0.29, 0.717) is 5.56 Å². The fourth-order valence-electron chi connectivity index (χ4n) is 1.14. The highest BCUT2D eigenvalue weighted by Gasteiger charge is 2.24. The molecule has 0 spiro atoms. The van der Waals surface area contributed by atoms with Crippen LogP contribution in [0.15, 0.2) is 30.3 Å². The van der Waals surface area contributed by atoms with Gasteiger partial charge in [0.15, 0.2) is 16.0 Å². The van der Waals surface area contributed by atoms with Crippen molar-refractivity contribution in [3.63, 3.8) is 0 Å². The molecule has 1 unspecified atom stereocenters. The van der Waals surface area contributed by atoms with Crippen LogP contribution in [0.1, 0.15) is 10.8 Å². The fourth-order valence-corrected chi connectivity index (χ4v) is 1.80. The molecule has 0 aliphatic carbocycles. The Kier molecular flexibility index (Phi) is 4.26. The van der Waals surface area contributed by atoms with E-state index in [1.54, 1.807) is 30.3 Å². The number of hydrogen-bond acceptors (Lipinski definition) is 5. The van der Waals surface area contributed by atoms with Gasteiger partial charge in [0.1, 0.15) is 6.73 Å². The van der Waals surface area contributed by atoms with Crippen molar-refractivity contribution in [3.05, 3.63) is 35.9 Å². The van der Waals surface area contributed by atoms with Crippen LogP contribution in [0, 0.1) is 0 Å². The first kappa shape index (κ1) is 11.7. The van der Waals surface area contributed by atoms with Crippen LogP contribution >= 0.6 is 0 Å². The van der Waals surface area contributed by atoms with Gasteiger partial charge in [-0.25, -0.2) is 8.42 Å². The first-order valence-corrected chi connectivity index (χ1v) is 5.46. The third-order valence-electron chi connectivity index (χ3n) is 1.77. The zero-order valence-electron chi connectivity index (χ0n) is 7.83. The van der Waals surface area contributed by atoms with Crippen molar-refractivity contribution in [2.45, 2.75) is 5.25 Å². The summed E-state index contributed by atoms with van der Waals surface area (Å²) in [6.07, 6.45) is 0. The summed E-state index contributed by atoms with van der Waals surface area (Å²) in [6, 6.07) is 8.13. The highest BCUT2D eigenvalue weighted by Crippen LogP contribution is 2.17. The number of nitrogens with two attached hydrogens (primary N) is 1. The van der Waals surface area contributed by atoms with E-state index in [1.807, 2.05) is 0 Å². The lowest BCUT2D eigenvalue weighted by molar-refractivity contribution is -0.142. The van der Waals surface area contributed by atoms with Crippen LogP contribution in [-0.4, -0.2) is 21.1 Å². The van der Waals surface area contributed by atoms with Crippen molar-refractivity contribution < 1.29 is 17.9 Å². The predicted octanol–water partition coefficient (Wildman–Crippen LogP) is -0.202. The average Bonchev–Trinajstić information content (AvgIpc) is 2.19. The van der Waals surface area contributed by atoms with Crippen LogP contribution in [0.4, 0.5) is 0 Å². The van der Waals surface area contributed by atoms with Gasteiger partial charge in [0.25, 0.3) is 0 Å². The van der Waals surface area contributed by atoms with Crippen molar-refractivity contribution in [2.24, 2.45) is 5.73 Å². The van der Waals surface area contributed by atoms with E-state index in [4.69, 9.17) is 5.73 Å². The molecule has 1 aromatic carbocycles. The number of carbonyl (C=O) groups excluding carboxylic acids is 1. The molecule has 6 heteroatoms. The zero-order valence-corrected chi connectivity index (χ0v) is 8.72. The summed E-state index contributed by atoms with van der Waals surface area (Å²) in [5.74, 6) is -0.847. The van der Waals surface area contributed by atoms with Gasteiger partial charge in [-0.05, 0) is 5.56 Å². The topological polar surface area (TPSA) is 86.5 Å². The molecule has 0 amide bonds. The second-order valence-electron chi connectivity index (χ2n) is 2.73. The zero-order chi connectivity index (χ0) is 11.3. The molecule has 5 nitrogen and oxygen atoms in total. The van der Waals surface area contributed by atoms with Crippen LogP contribution < -0.4 is 5.73 Å². The van der Waals surface area contributed by atoms with Crippen LogP contribution in [-0.2, 0) is 20.2 Å². The third kappa shape index (κ3) is 3.03. The quantitative estimate of drug-likeness (QED) is 0.424. The lowest BCUT2D eigenvalue weighted by atomic mass is 10.1. The van der Waals surface area contributed by atoms with Crippen molar-refractivity contribution in [1.82, 2.24) is 0 Å². The maximum Gasteiger partial charge on any atom is 0.329 e. The van der Waals surface area contributed by atoms with E-state index >= 15 is 0 Å². The van der Waals surface area contributed by atoms with E-state index < -0.39 is 21.9 Å². The summed E-state index contributed by atoms with van der Waals surface area (Å²) >= 11 is 0. The van der Waals surface area contributed by atoms with Crippen molar-refractivity contribution >= 4 is 16.7 Å². The Balaban J connectivity index is 2.99. The normalized spacial score (nSPS) is 12.4. The van der Waals surface area contributed by atoms with Gasteiger partial charge in [-0.3, -0.25) is 10.5 Å². The summed E-state index contributed by atoms with van der Waals surface area (Å²) < 4.78 is 26.3. The molecule has 1 aromatic rings. The van der Waals surface area contributed by atoms with Gasteiger partial charge in [-0.15, -0.1) is 0 Å². The number of hydrogen-bond donors (Lipinski definition) is 2. The van der Waals surface area contributed by atoms with E-state index in [2.05, 4.69) is 4.74 Å². The largest absolute Gasteiger partial charge is 0.449 e. The molecule has 0 aliphatic rings. The maximum atomic E-state index is 11.3. The van der Waals surface area contributed by atoms with Crippen LogP contribution in [0.5, 0.6) is 0 Å². The average molecular weight is 229 g/mol. The lowest BCUT2D eigenvalue weighted by Crippen LogP contribution is -2.20. The maximum absolute atomic E-state index is 11.3. The monoisotopic (exact) mass is 229 g/mol. The molecule has 0 radical (unpaired) electrons. The van der Waals surface area contributed by atoms with Gasteiger partial charge in [0.05, 0.1) is 0 Å². The molecule has 0 aliphatic heterocycles. The Labute approximate surface area is 88.8 Å². The van der Waals surface area contributed by atoms with E-state index in [1.165, 1.54) is 0 Å². The van der Waals surface area contributed by atoms with Gasteiger partial charge in [0, 0.05) is 0 Å². The number of thiol groups is 1. The first-order chi connectivity index (χ1) is 7.16. The first-order valence-electron chi connectivity index (χ1n) is 4.22. The van der Waals surface area contributed by atoms with E-state index in [0.717, 1.165) is 0 Å². The smallest absolute Gasteiger partial charge is 0.329 e. The van der Waals surface area contributed by atoms with Gasteiger partial charge in [-0.1, -0.05) is 30.3 Å².